The molecule has 194 valence electrons. The number of hydrogen-bond acceptors (Lipinski definition) is 3. The summed E-state index contributed by atoms with van der Waals surface area (Å²) in [6, 6.07) is 21.3. The third kappa shape index (κ3) is 5.65. The maximum Gasteiger partial charge on any atom is 0.494 e. The molecule has 0 amide bonds. The number of aryl methyl sites for hydroxylation is 1. The fourth-order valence-corrected chi connectivity index (χ4v) is 5.63. The Morgan fingerprint density at radius 2 is 1.27 bits per heavy atom. The molecule has 1 aliphatic heterocycles. The summed E-state index contributed by atoms with van der Waals surface area (Å²) in [6.45, 7) is 10.0. The molecule has 0 bridgehead atoms. The summed E-state index contributed by atoms with van der Waals surface area (Å²) < 4.78 is 23.0. The van der Waals surface area contributed by atoms with Gasteiger partial charge in [0.25, 0.3) is 0 Å². The van der Waals surface area contributed by atoms with E-state index in [2.05, 4.69) is 101 Å². The summed E-state index contributed by atoms with van der Waals surface area (Å²) in [5, 5.41) is 2.59. The van der Waals surface area contributed by atoms with E-state index in [-0.39, 0.29) is 18.3 Å². The van der Waals surface area contributed by atoms with E-state index in [1.807, 2.05) is 24.3 Å². The minimum atomic E-state index is -0.336. The highest BCUT2D eigenvalue weighted by Gasteiger charge is 2.51. The molecule has 0 atom stereocenters. The summed E-state index contributed by atoms with van der Waals surface area (Å²) in [7, 11) is -0.336. The number of fused-ring (bicyclic) bond motifs is 3. The molecule has 4 aromatic rings. The second-order valence-corrected chi connectivity index (χ2v) is 12.7. The number of unbranched alkanes of at least 4 members (excludes halogenated alkanes) is 3. The first-order chi connectivity index (χ1) is 17.6. The third-order valence-corrected chi connectivity index (χ3v) is 8.73. The van der Waals surface area contributed by atoms with Crippen molar-refractivity contribution in [2.75, 3.05) is 6.61 Å². The number of rotatable bonds is 9. The molecular weight excluding hydrogens is 593 g/mol. The quantitative estimate of drug-likeness (QED) is 0.139. The molecule has 0 N–H and O–H groups in total. The molecule has 0 saturated carbocycles. The van der Waals surface area contributed by atoms with Crippen LogP contribution in [0, 0.1) is 0 Å². The van der Waals surface area contributed by atoms with Gasteiger partial charge in [-0.2, -0.15) is 0 Å². The Kier molecular flexibility index (Phi) is 7.79. The van der Waals surface area contributed by atoms with Gasteiger partial charge >= 0.3 is 7.12 Å². The smallest absolute Gasteiger partial charge is 0.494 e. The van der Waals surface area contributed by atoms with E-state index < -0.39 is 0 Å². The van der Waals surface area contributed by atoms with Crippen LogP contribution in [0.15, 0.2) is 69.6 Å². The Morgan fingerprint density at radius 1 is 0.730 bits per heavy atom. The van der Waals surface area contributed by atoms with Crippen molar-refractivity contribution in [2.45, 2.75) is 71.1 Å². The van der Waals surface area contributed by atoms with Crippen LogP contribution in [0.1, 0.15) is 53.4 Å². The molecule has 1 aliphatic rings. The van der Waals surface area contributed by atoms with Crippen molar-refractivity contribution in [1.29, 1.82) is 0 Å². The van der Waals surface area contributed by atoms with Gasteiger partial charge in [-0.15, -0.1) is 0 Å². The number of benzene rings is 3. The molecule has 0 unspecified atom stereocenters. The Bertz CT molecular complexity index is 1320. The first kappa shape index (κ1) is 26.8. The van der Waals surface area contributed by atoms with Crippen molar-refractivity contribution in [3.63, 3.8) is 0 Å². The van der Waals surface area contributed by atoms with E-state index in [4.69, 9.17) is 14.0 Å². The average Bonchev–Trinajstić information content (AvgIpc) is 3.27. The summed E-state index contributed by atoms with van der Waals surface area (Å²) in [6.07, 6.45) is 4.53. The highest BCUT2D eigenvalue weighted by Crippen LogP contribution is 2.37. The molecular formula is C30H34BBr2NO3. The lowest BCUT2D eigenvalue weighted by molar-refractivity contribution is 0.00578. The molecule has 2 heterocycles. The second-order valence-electron chi connectivity index (χ2n) is 10.9. The minimum Gasteiger partial charge on any atom is -0.494 e. The van der Waals surface area contributed by atoms with E-state index in [1.165, 1.54) is 28.2 Å². The van der Waals surface area contributed by atoms with E-state index in [9.17, 15) is 0 Å². The number of aromatic nitrogens is 1. The molecule has 0 radical (unpaired) electrons. The van der Waals surface area contributed by atoms with Crippen LogP contribution in [-0.2, 0) is 15.9 Å². The first-order valence-electron chi connectivity index (χ1n) is 13.1. The minimum absolute atomic E-state index is 0.331. The van der Waals surface area contributed by atoms with Gasteiger partial charge in [0.15, 0.2) is 0 Å². The molecule has 4 nitrogen and oxygen atoms in total. The van der Waals surface area contributed by atoms with Gasteiger partial charge in [0, 0.05) is 37.3 Å². The molecule has 1 aromatic heterocycles. The maximum absolute atomic E-state index is 6.14. The fourth-order valence-electron chi connectivity index (χ4n) is 4.91. The van der Waals surface area contributed by atoms with Crippen molar-refractivity contribution in [3.05, 3.63) is 69.6 Å². The van der Waals surface area contributed by atoms with E-state index >= 15 is 0 Å². The van der Waals surface area contributed by atoms with Crippen molar-refractivity contribution in [2.24, 2.45) is 0 Å². The van der Waals surface area contributed by atoms with Crippen LogP contribution < -0.4 is 10.2 Å². The number of nitrogens with zero attached hydrogens (tertiary/aromatic N) is 1. The molecule has 1 fully saturated rings. The Labute approximate surface area is 237 Å². The van der Waals surface area contributed by atoms with Crippen molar-refractivity contribution < 1.29 is 14.0 Å². The molecule has 7 heteroatoms. The highest BCUT2D eigenvalue weighted by molar-refractivity contribution is 9.10. The third-order valence-electron chi connectivity index (χ3n) is 7.74. The van der Waals surface area contributed by atoms with Gasteiger partial charge in [-0.1, -0.05) is 56.8 Å². The van der Waals surface area contributed by atoms with Gasteiger partial charge in [-0.3, -0.25) is 0 Å². The predicted octanol–water partition coefficient (Wildman–Crippen LogP) is 8.26. The lowest BCUT2D eigenvalue weighted by Crippen LogP contribution is -2.41. The normalized spacial score (nSPS) is 16.6. The van der Waals surface area contributed by atoms with Crippen LogP contribution in [-0.4, -0.2) is 29.5 Å². The lowest BCUT2D eigenvalue weighted by Gasteiger charge is -2.32. The van der Waals surface area contributed by atoms with Crippen LogP contribution in [0.25, 0.3) is 21.8 Å². The van der Waals surface area contributed by atoms with Gasteiger partial charge in [-0.25, -0.2) is 0 Å². The van der Waals surface area contributed by atoms with Crippen LogP contribution >= 0.6 is 31.9 Å². The van der Waals surface area contributed by atoms with E-state index in [0.717, 1.165) is 52.6 Å². The molecule has 5 rings (SSSR count). The summed E-state index contributed by atoms with van der Waals surface area (Å²) in [4.78, 5) is 0. The van der Waals surface area contributed by atoms with Gasteiger partial charge in [-0.05, 0) is 94.5 Å². The van der Waals surface area contributed by atoms with E-state index in [0.29, 0.717) is 0 Å². The summed E-state index contributed by atoms with van der Waals surface area (Å²) >= 11 is 7.27. The van der Waals surface area contributed by atoms with Gasteiger partial charge < -0.3 is 18.6 Å². The number of hydrogen-bond donors (Lipinski definition) is 0. The summed E-state index contributed by atoms with van der Waals surface area (Å²) in [5.74, 6) is 0.892. The van der Waals surface area contributed by atoms with E-state index in [1.54, 1.807) is 0 Å². The number of ether oxygens (including phenoxy) is 1. The summed E-state index contributed by atoms with van der Waals surface area (Å²) in [5.41, 5.74) is 2.95. The molecule has 37 heavy (non-hydrogen) atoms. The SMILES string of the molecule is CC1(C)OB(c2ccc(OCCCCCCn3c4ccc(Br)cc4c4cc(Br)ccc43)cc2)OC1(C)C. The van der Waals surface area contributed by atoms with Crippen molar-refractivity contribution >= 4 is 66.2 Å². The lowest BCUT2D eigenvalue weighted by atomic mass is 9.79. The number of halogens is 2. The van der Waals surface area contributed by atoms with Crippen molar-refractivity contribution in [1.82, 2.24) is 4.57 Å². The topological polar surface area (TPSA) is 32.6 Å². The Hall–Kier alpha value is -1.80. The van der Waals surface area contributed by atoms with Crippen LogP contribution in [0.2, 0.25) is 0 Å². The molecule has 3 aromatic carbocycles. The van der Waals surface area contributed by atoms with Crippen LogP contribution in [0.3, 0.4) is 0 Å². The molecule has 1 saturated heterocycles. The average molecular weight is 627 g/mol. The van der Waals surface area contributed by atoms with Gasteiger partial charge in [0.1, 0.15) is 5.75 Å². The predicted molar refractivity (Wildman–Crippen MR) is 161 cm³/mol. The zero-order valence-electron chi connectivity index (χ0n) is 22.0. The first-order valence-corrected chi connectivity index (χ1v) is 14.7. The molecule has 0 aliphatic carbocycles. The monoisotopic (exact) mass is 625 g/mol. The largest absolute Gasteiger partial charge is 0.494 e. The zero-order chi connectivity index (χ0) is 26.2. The second kappa shape index (κ2) is 10.8. The van der Waals surface area contributed by atoms with Gasteiger partial charge in [0.2, 0.25) is 0 Å². The standard InChI is InChI=1S/C30H34BBr2NO3/c1-29(2)30(3,4)37-31(36-29)21-9-13-24(14-10-21)35-18-8-6-5-7-17-34-27-15-11-22(32)19-25(27)26-20-23(33)12-16-28(26)34/h9-16,19-20H,5-8,17-18H2,1-4H3. The zero-order valence-corrected chi connectivity index (χ0v) is 25.2. The van der Waals surface area contributed by atoms with Gasteiger partial charge in [0.05, 0.1) is 17.8 Å². The maximum atomic E-state index is 6.14. The highest BCUT2D eigenvalue weighted by atomic mass is 79.9. The van der Waals surface area contributed by atoms with Crippen LogP contribution in [0.4, 0.5) is 0 Å². The van der Waals surface area contributed by atoms with Crippen LogP contribution in [0.5, 0.6) is 5.75 Å². The fraction of sp³-hybridized carbons (Fsp3) is 0.400. The van der Waals surface area contributed by atoms with Crippen molar-refractivity contribution in [3.8, 4) is 5.75 Å². The Morgan fingerprint density at radius 3 is 1.84 bits per heavy atom. The Balaban J connectivity index is 1.09. The molecule has 0 spiro atoms.